The van der Waals surface area contributed by atoms with Gasteiger partial charge < -0.3 is 24.1 Å². The van der Waals surface area contributed by atoms with E-state index in [9.17, 15) is 14.7 Å². The quantitative estimate of drug-likeness (QED) is 0.0699. The minimum Gasteiger partial charge on any atom is -0.507 e. The number of amides is 1. The Morgan fingerprint density at radius 1 is 0.956 bits per heavy atom. The fourth-order valence-electron chi connectivity index (χ4n) is 5.07. The molecule has 0 spiro atoms. The molecule has 1 atom stereocenters. The van der Waals surface area contributed by atoms with E-state index in [-0.39, 0.29) is 11.3 Å². The van der Waals surface area contributed by atoms with Crippen LogP contribution in [0.1, 0.15) is 57.2 Å². The minimum atomic E-state index is -0.990. The topological polar surface area (TPSA) is 107 Å². The Balaban J connectivity index is 1.63. The predicted molar refractivity (Wildman–Crippen MR) is 176 cm³/mol. The van der Waals surface area contributed by atoms with Gasteiger partial charge >= 0.3 is 5.91 Å². The summed E-state index contributed by atoms with van der Waals surface area (Å²) < 4.78 is 23.7. The number of methoxy groups -OCH3 is 2. The Bertz CT molecular complexity index is 1730. The number of anilines is 1. The Kier molecular flexibility index (Phi) is 9.93. The van der Waals surface area contributed by atoms with Gasteiger partial charge in [0.1, 0.15) is 17.3 Å². The van der Waals surface area contributed by atoms with E-state index < -0.39 is 17.7 Å². The third-order valence-electron chi connectivity index (χ3n) is 7.57. The summed E-state index contributed by atoms with van der Waals surface area (Å²) in [6.45, 7) is 7.36. The van der Waals surface area contributed by atoms with Crippen LogP contribution in [-0.2, 0) is 9.59 Å². The Morgan fingerprint density at radius 3 is 2.51 bits per heavy atom. The number of aliphatic hydroxyl groups is 1. The van der Waals surface area contributed by atoms with E-state index >= 15 is 0 Å². The summed E-state index contributed by atoms with van der Waals surface area (Å²) in [6, 6.07) is 16.6. The molecule has 2 heterocycles. The number of benzene rings is 3. The van der Waals surface area contributed by atoms with Gasteiger partial charge in [-0.15, -0.1) is 0 Å². The molecule has 3 aromatic carbocycles. The highest BCUT2D eigenvalue weighted by Gasteiger charge is 2.48. The molecule has 236 valence electrons. The highest BCUT2D eigenvalue weighted by molar-refractivity contribution is 7.22. The molecular weight excluding hydrogens is 592 g/mol. The van der Waals surface area contributed by atoms with E-state index in [1.807, 2.05) is 6.07 Å². The van der Waals surface area contributed by atoms with Crippen molar-refractivity contribution < 1.29 is 33.6 Å². The summed E-state index contributed by atoms with van der Waals surface area (Å²) in [7, 11) is 3.12. The molecule has 1 unspecified atom stereocenters. The smallest absolute Gasteiger partial charge is 0.301 e. The summed E-state index contributed by atoms with van der Waals surface area (Å²) in [5.41, 5.74) is 1.51. The van der Waals surface area contributed by atoms with E-state index in [2.05, 4.69) is 20.8 Å². The van der Waals surface area contributed by atoms with E-state index in [0.717, 1.165) is 24.0 Å². The maximum Gasteiger partial charge on any atom is 0.301 e. The number of ether oxygens (including phenoxy) is 4. The summed E-state index contributed by atoms with van der Waals surface area (Å²) >= 11 is 1.26. The van der Waals surface area contributed by atoms with Crippen LogP contribution in [0.4, 0.5) is 5.13 Å². The molecule has 0 radical (unpaired) electrons. The maximum atomic E-state index is 13.8. The molecule has 0 bridgehead atoms. The zero-order valence-corrected chi connectivity index (χ0v) is 27.0. The number of hydrogen-bond donors (Lipinski definition) is 1. The van der Waals surface area contributed by atoms with Gasteiger partial charge in [-0.05, 0) is 66.8 Å². The highest BCUT2D eigenvalue weighted by atomic mass is 32.1. The zero-order chi connectivity index (χ0) is 32.1. The van der Waals surface area contributed by atoms with Crippen LogP contribution in [0, 0.1) is 5.92 Å². The van der Waals surface area contributed by atoms with Gasteiger partial charge in [0.2, 0.25) is 0 Å². The number of ketones is 1. The third-order valence-corrected chi connectivity index (χ3v) is 8.58. The number of rotatable bonds is 13. The normalized spacial score (nSPS) is 16.0. The lowest BCUT2D eigenvalue weighted by atomic mass is 9.95. The van der Waals surface area contributed by atoms with Gasteiger partial charge in [0.25, 0.3) is 5.78 Å². The van der Waals surface area contributed by atoms with Crippen LogP contribution in [0.15, 0.2) is 66.2 Å². The fraction of sp³-hybridized carbons (Fsp3) is 0.343. The number of Topliss-reactive ketones (excluding diaryl/α,β-unsaturated/α-hetero) is 1. The lowest BCUT2D eigenvalue weighted by Gasteiger charge is -2.24. The van der Waals surface area contributed by atoms with Crippen LogP contribution in [-0.4, -0.2) is 49.2 Å². The number of carbonyl (C=O) groups is 2. The lowest BCUT2D eigenvalue weighted by molar-refractivity contribution is -0.132. The average molecular weight is 631 g/mol. The maximum absolute atomic E-state index is 13.8. The molecule has 1 saturated heterocycles. The molecule has 45 heavy (non-hydrogen) atoms. The number of thiazole rings is 1. The van der Waals surface area contributed by atoms with Crippen LogP contribution < -0.4 is 23.8 Å². The number of hydrogen-bond acceptors (Lipinski definition) is 9. The van der Waals surface area contributed by atoms with E-state index in [4.69, 9.17) is 23.9 Å². The first-order valence-corrected chi connectivity index (χ1v) is 15.9. The number of aromatic nitrogens is 1. The third kappa shape index (κ3) is 6.76. The van der Waals surface area contributed by atoms with Crippen molar-refractivity contribution in [3.05, 3.63) is 77.4 Å². The summed E-state index contributed by atoms with van der Waals surface area (Å²) in [4.78, 5) is 33.6. The van der Waals surface area contributed by atoms with E-state index in [1.165, 1.54) is 23.3 Å². The molecule has 10 heteroatoms. The molecule has 0 aliphatic carbocycles. The van der Waals surface area contributed by atoms with Gasteiger partial charge in [0.05, 0.1) is 49.3 Å². The molecule has 1 amide bonds. The molecular formula is C35H38N2O7S. The minimum absolute atomic E-state index is 0.0573. The molecule has 1 aromatic heterocycles. The first-order chi connectivity index (χ1) is 21.7. The largest absolute Gasteiger partial charge is 0.507 e. The average Bonchev–Trinajstić information content (AvgIpc) is 3.58. The monoisotopic (exact) mass is 630 g/mol. The molecule has 1 N–H and O–H groups in total. The summed E-state index contributed by atoms with van der Waals surface area (Å²) in [6.07, 6.45) is 2.73. The number of fused-ring (bicyclic) bond motifs is 1. The van der Waals surface area contributed by atoms with Crippen LogP contribution in [0.25, 0.3) is 16.0 Å². The van der Waals surface area contributed by atoms with Crippen LogP contribution >= 0.6 is 11.3 Å². The zero-order valence-electron chi connectivity index (χ0n) is 26.2. The second-order valence-electron chi connectivity index (χ2n) is 11.2. The number of unbranched alkanes of at least 4 members (excludes halogenated alkanes) is 1. The van der Waals surface area contributed by atoms with E-state index in [1.54, 1.807) is 61.7 Å². The van der Waals surface area contributed by atoms with Crippen LogP contribution in [0.2, 0.25) is 0 Å². The van der Waals surface area contributed by atoms with Gasteiger partial charge in [0.15, 0.2) is 16.6 Å². The lowest BCUT2D eigenvalue weighted by Crippen LogP contribution is -2.29. The molecule has 1 fully saturated rings. The highest BCUT2D eigenvalue weighted by Crippen LogP contribution is 2.46. The molecule has 1 aliphatic heterocycles. The molecule has 1 aliphatic rings. The summed E-state index contributed by atoms with van der Waals surface area (Å²) in [5.74, 6) is 0.755. The van der Waals surface area contributed by atoms with Crippen molar-refractivity contribution in [1.82, 2.24) is 4.98 Å². The Morgan fingerprint density at radius 2 is 1.78 bits per heavy atom. The van der Waals surface area contributed by atoms with E-state index in [0.29, 0.717) is 63.9 Å². The second kappa shape index (κ2) is 14.0. The Labute approximate surface area is 267 Å². The Hall–Kier alpha value is -4.57. The van der Waals surface area contributed by atoms with Gasteiger partial charge in [-0.2, -0.15) is 0 Å². The number of carbonyl (C=O) groups excluding carboxylic acids is 2. The summed E-state index contributed by atoms with van der Waals surface area (Å²) in [5, 5.41) is 12.0. The van der Waals surface area contributed by atoms with Crippen molar-refractivity contribution in [2.75, 3.05) is 32.3 Å². The first-order valence-electron chi connectivity index (χ1n) is 15.0. The van der Waals surface area contributed by atoms with Crippen molar-refractivity contribution in [2.24, 2.45) is 5.92 Å². The van der Waals surface area contributed by atoms with Gasteiger partial charge in [-0.25, -0.2) is 4.98 Å². The van der Waals surface area contributed by atoms with Crippen molar-refractivity contribution in [3.8, 4) is 23.0 Å². The first kappa shape index (κ1) is 31.8. The van der Waals surface area contributed by atoms with Crippen molar-refractivity contribution >= 4 is 44.1 Å². The standard InChI is InChI=1S/C35H38N2O7S/c1-6-7-16-43-25-10-8-9-23(18-25)32(38)30-31(22-11-14-27(28(19-22)42-5)44-17-15-21(2)3)37(34(40)33(30)39)35-36-26-13-12-24(41-4)20-29(26)45-35/h8-14,18-21,31,38H,6-7,15-17H2,1-5H3/b32-30+. The fourth-order valence-corrected chi connectivity index (χ4v) is 6.09. The molecule has 0 saturated carbocycles. The van der Waals surface area contributed by atoms with Crippen LogP contribution in [0.5, 0.6) is 23.0 Å². The van der Waals surface area contributed by atoms with Crippen molar-refractivity contribution in [3.63, 3.8) is 0 Å². The molecule has 4 aromatic rings. The number of aliphatic hydroxyl groups excluding tert-OH is 1. The number of nitrogens with zero attached hydrogens (tertiary/aromatic N) is 2. The molecule has 5 rings (SSSR count). The SMILES string of the molecule is CCCCOc1cccc(/C(O)=C2\C(=O)C(=O)N(c3nc4ccc(OC)cc4s3)C2c2ccc(OCCC(C)C)c(OC)c2)c1. The second-order valence-corrected chi connectivity index (χ2v) is 12.2. The van der Waals surface area contributed by atoms with Crippen molar-refractivity contribution in [2.45, 2.75) is 46.1 Å². The van der Waals surface area contributed by atoms with Gasteiger partial charge in [-0.1, -0.05) is 56.7 Å². The van der Waals surface area contributed by atoms with Crippen molar-refractivity contribution in [1.29, 1.82) is 0 Å². The van der Waals surface area contributed by atoms with Gasteiger partial charge in [-0.3, -0.25) is 14.5 Å². The van der Waals surface area contributed by atoms with Gasteiger partial charge in [0, 0.05) is 5.56 Å². The van der Waals surface area contributed by atoms with Crippen LogP contribution in [0.3, 0.4) is 0 Å². The predicted octanol–water partition coefficient (Wildman–Crippen LogP) is 7.54. The molecule has 9 nitrogen and oxygen atoms in total.